The Balaban J connectivity index is 1.98. The van der Waals surface area contributed by atoms with Gasteiger partial charge >= 0.3 is 0 Å². The summed E-state index contributed by atoms with van der Waals surface area (Å²) in [6.07, 6.45) is 6.30. The van der Waals surface area contributed by atoms with Crippen molar-refractivity contribution in [2.45, 2.75) is 51.1 Å². The molecule has 1 heterocycles. The smallest absolute Gasteiger partial charge is 0.139 e. The highest BCUT2D eigenvalue weighted by molar-refractivity contribution is 7.09. The zero-order chi connectivity index (χ0) is 11.4. The van der Waals surface area contributed by atoms with Gasteiger partial charge in [0.2, 0.25) is 0 Å². The number of hydrogen-bond acceptors (Lipinski definition) is 4. The molecule has 86 valence electrons. The first-order valence-corrected chi connectivity index (χ1v) is 6.75. The Kier molecular flexibility index (Phi) is 3.92. The summed E-state index contributed by atoms with van der Waals surface area (Å²) in [4.78, 5) is 4.38. The fourth-order valence-corrected chi connectivity index (χ4v) is 2.84. The van der Waals surface area contributed by atoms with Crippen molar-refractivity contribution in [1.29, 1.82) is 5.26 Å². The van der Waals surface area contributed by atoms with Gasteiger partial charge in [0.1, 0.15) is 6.04 Å². The largest absolute Gasteiger partial charge is 0.294 e. The second-order valence-electron chi connectivity index (χ2n) is 4.36. The quantitative estimate of drug-likeness (QED) is 0.876. The Hall–Kier alpha value is -0.920. The number of aromatic nitrogens is 1. The van der Waals surface area contributed by atoms with E-state index in [2.05, 4.69) is 16.4 Å². The lowest BCUT2D eigenvalue weighted by Gasteiger charge is -2.24. The zero-order valence-electron chi connectivity index (χ0n) is 9.57. The highest BCUT2D eigenvalue weighted by Crippen LogP contribution is 2.22. The Morgan fingerprint density at radius 3 is 2.81 bits per heavy atom. The van der Waals surface area contributed by atoms with Crippen LogP contribution in [-0.4, -0.2) is 11.0 Å². The first kappa shape index (κ1) is 11.6. The van der Waals surface area contributed by atoms with Crippen LogP contribution in [-0.2, 0) is 0 Å². The molecule has 0 amide bonds. The van der Waals surface area contributed by atoms with Gasteiger partial charge in [0, 0.05) is 11.4 Å². The molecule has 1 saturated carbocycles. The molecule has 4 heteroatoms. The Bertz CT molecular complexity index is 374. The highest BCUT2D eigenvalue weighted by atomic mass is 32.1. The molecule has 1 fully saturated rings. The molecule has 1 aliphatic rings. The van der Waals surface area contributed by atoms with Crippen LogP contribution >= 0.6 is 11.3 Å². The predicted octanol–water partition coefficient (Wildman–Crippen LogP) is 2.94. The molecule has 1 aliphatic carbocycles. The summed E-state index contributed by atoms with van der Waals surface area (Å²) in [5, 5.41) is 15.6. The molecular formula is C12H17N3S. The molecule has 0 aliphatic heterocycles. The summed E-state index contributed by atoms with van der Waals surface area (Å²) >= 11 is 1.61. The van der Waals surface area contributed by atoms with E-state index in [-0.39, 0.29) is 6.04 Å². The van der Waals surface area contributed by atoms with E-state index in [1.165, 1.54) is 32.1 Å². The van der Waals surface area contributed by atoms with Crippen molar-refractivity contribution in [1.82, 2.24) is 10.3 Å². The lowest BCUT2D eigenvalue weighted by molar-refractivity contribution is 0.358. The second kappa shape index (κ2) is 5.42. The van der Waals surface area contributed by atoms with Crippen molar-refractivity contribution < 1.29 is 0 Å². The van der Waals surface area contributed by atoms with Gasteiger partial charge in [0.05, 0.1) is 16.8 Å². The number of nitriles is 1. The fourth-order valence-electron chi connectivity index (χ4n) is 2.21. The standard InChI is InChI=1S/C12H17N3S/c1-9-14-12(8-16-9)11(7-13)15-10-5-3-2-4-6-10/h8,10-11,15H,2-6H2,1H3. The Morgan fingerprint density at radius 2 is 2.25 bits per heavy atom. The van der Waals surface area contributed by atoms with Gasteiger partial charge in [-0.15, -0.1) is 11.3 Å². The third-order valence-corrected chi connectivity index (χ3v) is 3.86. The van der Waals surface area contributed by atoms with E-state index in [4.69, 9.17) is 0 Å². The summed E-state index contributed by atoms with van der Waals surface area (Å²) < 4.78 is 0. The van der Waals surface area contributed by atoms with Gasteiger partial charge in [0.15, 0.2) is 0 Å². The van der Waals surface area contributed by atoms with E-state index in [1.807, 2.05) is 12.3 Å². The molecule has 1 aromatic rings. The van der Waals surface area contributed by atoms with Gasteiger partial charge in [-0.3, -0.25) is 5.32 Å². The molecule has 0 saturated heterocycles. The second-order valence-corrected chi connectivity index (χ2v) is 5.42. The Labute approximate surface area is 101 Å². The number of thiazole rings is 1. The monoisotopic (exact) mass is 235 g/mol. The summed E-state index contributed by atoms with van der Waals surface area (Å²) in [5.41, 5.74) is 0.885. The maximum atomic E-state index is 9.17. The SMILES string of the molecule is Cc1nc(C(C#N)NC2CCCCC2)cs1. The topological polar surface area (TPSA) is 48.7 Å². The van der Waals surface area contributed by atoms with Crippen molar-refractivity contribution in [2.24, 2.45) is 0 Å². The van der Waals surface area contributed by atoms with Crippen molar-refractivity contribution >= 4 is 11.3 Å². The van der Waals surface area contributed by atoms with Crippen molar-refractivity contribution in [3.05, 3.63) is 16.1 Å². The first-order chi connectivity index (χ1) is 7.79. The molecule has 1 unspecified atom stereocenters. The van der Waals surface area contributed by atoms with Crippen LogP contribution in [0, 0.1) is 18.3 Å². The van der Waals surface area contributed by atoms with Crippen LogP contribution in [0.5, 0.6) is 0 Å². The summed E-state index contributed by atoms with van der Waals surface area (Å²) in [5.74, 6) is 0. The normalized spacial score (nSPS) is 19.2. The molecule has 1 N–H and O–H groups in total. The van der Waals surface area contributed by atoms with Gasteiger partial charge in [-0.1, -0.05) is 19.3 Å². The van der Waals surface area contributed by atoms with E-state index in [0.29, 0.717) is 6.04 Å². The maximum Gasteiger partial charge on any atom is 0.139 e. The van der Waals surface area contributed by atoms with E-state index in [1.54, 1.807) is 11.3 Å². The van der Waals surface area contributed by atoms with Gasteiger partial charge < -0.3 is 0 Å². The fraction of sp³-hybridized carbons (Fsp3) is 0.667. The van der Waals surface area contributed by atoms with Gasteiger partial charge in [-0.05, 0) is 19.8 Å². The molecule has 16 heavy (non-hydrogen) atoms. The minimum Gasteiger partial charge on any atom is -0.294 e. The van der Waals surface area contributed by atoms with E-state index < -0.39 is 0 Å². The van der Waals surface area contributed by atoms with Gasteiger partial charge in [0.25, 0.3) is 0 Å². The molecule has 3 nitrogen and oxygen atoms in total. The average Bonchev–Trinajstić information content (AvgIpc) is 2.74. The highest BCUT2D eigenvalue weighted by Gasteiger charge is 2.20. The molecule has 2 rings (SSSR count). The van der Waals surface area contributed by atoms with E-state index in [9.17, 15) is 5.26 Å². The molecule has 0 bridgehead atoms. The van der Waals surface area contributed by atoms with Crippen molar-refractivity contribution in [3.63, 3.8) is 0 Å². The number of aryl methyl sites for hydroxylation is 1. The van der Waals surface area contributed by atoms with E-state index in [0.717, 1.165) is 10.7 Å². The summed E-state index contributed by atoms with van der Waals surface area (Å²) in [6, 6.07) is 2.58. The van der Waals surface area contributed by atoms with Crippen LogP contribution in [0.25, 0.3) is 0 Å². The number of nitrogens with one attached hydrogen (secondary N) is 1. The predicted molar refractivity (Wildman–Crippen MR) is 65.2 cm³/mol. The minimum absolute atomic E-state index is 0.229. The average molecular weight is 235 g/mol. The summed E-state index contributed by atoms with van der Waals surface area (Å²) in [7, 11) is 0. The van der Waals surface area contributed by atoms with E-state index >= 15 is 0 Å². The van der Waals surface area contributed by atoms with Crippen LogP contribution in [0.3, 0.4) is 0 Å². The van der Waals surface area contributed by atoms with Crippen LogP contribution in [0.4, 0.5) is 0 Å². The lowest BCUT2D eigenvalue weighted by atomic mass is 9.95. The van der Waals surface area contributed by atoms with Crippen LogP contribution in [0.1, 0.15) is 48.8 Å². The van der Waals surface area contributed by atoms with Gasteiger partial charge in [-0.2, -0.15) is 5.26 Å². The maximum absolute atomic E-state index is 9.17. The Morgan fingerprint density at radius 1 is 1.50 bits per heavy atom. The number of nitrogens with zero attached hydrogens (tertiary/aromatic N) is 2. The number of hydrogen-bond donors (Lipinski definition) is 1. The third-order valence-electron chi connectivity index (χ3n) is 3.07. The molecule has 0 radical (unpaired) electrons. The zero-order valence-corrected chi connectivity index (χ0v) is 10.4. The number of rotatable bonds is 3. The molecule has 0 aromatic carbocycles. The van der Waals surface area contributed by atoms with Crippen molar-refractivity contribution in [2.75, 3.05) is 0 Å². The summed E-state index contributed by atoms with van der Waals surface area (Å²) in [6.45, 7) is 1.98. The lowest BCUT2D eigenvalue weighted by Crippen LogP contribution is -2.34. The third kappa shape index (κ3) is 2.81. The first-order valence-electron chi connectivity index (χ1n) is 5.87. The van der Waals surface area contributed by atoms with Gasteiger partial charge in [-0.25, -0.2) is 4.98 Å². The minimum atomic E-state index is -0.229. The van der Waals surface area contributed by atoms with Crippen LogP contribution < -0.4 is 5.32 Å². The van der Waals surface area contributed by atoms with Crippen LogP contribution in [0.2, 0.25) is 0 Å². The van der Waals surface area contributed by atoms with Crippen molar-refractivity contribution in [3.8, 4) is 6.07 Å². The van der Waals surface area contributed by atoms with Crippen LogP contribution in [0.15, 0.2) is 5.38 Å². The molecule has 1 atom stereocenters. The molecule has 1 aromatic heterocycles. The molecular weight excluding hydrogens is 218 g/mol. The molecule has 0 spiro atoms.